The van der Waals surface area contributed by atoms with E-state index in [4.69, 9.17) is 5.41 Å². The number of hydrogen-bond donors (Lipinski definition) is 2. The summed E-state index contributed by atoms with van der Waals surface area (Å²) in [5, 5.41) is 9.15. The molecular weight excluding hydrogens is 422 g/mol. The van der Waals surface area contributed by atoms with Crippen LogP contribution in [0.3, 0.4) is 0 Å². The highest BCUT2D eigenvalue weighted by molar-refractivity contribution is 7.90. The number of rotatable bonds is 4. The molecule has 10 heteroatoms. The average Bonchev–Trinajstić information content (AvgIpc) is 2.68. The predicted octanol–water partition coefficient (Wildman–Crippen LogP) is 4.22. The number of nitrogens with zero attached hydrogens (tertiary/aromatic N) is 1. The third-order valence-electron chi connectivity index (χ3n) is 5.46. The molecule has 0 spiro atoms. The first-order chi connectivity index (χ1) is 13.8. The van der Waals surface area contributed by atoms with Crippen molar-refractivity contribution in [1.29, 1.82) is 5.41 Å². The van der Waals surface area contributed by atoms with Gasteiger partial charge >= 0.3 is 0 Å². The molecule has 0 amide bonds. The molecule has 5 nitrogen and oxygen atoms in total. The van der Waals surface area contributed by atoms with Crippen LogP contribution in [-0.2, 0) is 21.5 Å². The zero-order valence-corrected chi connectivity index (χ0v) is 17.3. The third-order valence-corrected chi connectivity index (χ3v) is 7.75. The van der Waals surface area contributed by atoms with Gasteiger partial charge in [0.15, 0.2) is 0 Å². The van der Waals surface area contributed by atoms with Gasteiger partial charge in [-0.15, -0.1) is 0 Å². The van der Waals surface area contributed by atoms with E-state index >= 15 is 0 Å². The van der Waals surface area contributed by atoms with Gasteiger partial charge in [0, 0.05) is 24.6 Å². The third kappa shape index (κ3) is 3.42. The minimum atomic E-state index is -4.27. The van der Waals surface area contributed by atoms with Crippen LogP contribution < -0.4 is 5.32 Å². The Morgan fingerprint density at radius 3 is 2.33 bits per heavy atom. The van der Waals surface area contributed by atoms with Gasteiger partial charge in [-0.25, -0.2) is 30.3 Å². The van der Waals surface area contributed by atoms with Crippen molar-refractivity contribution >= 4 is 16.0 Å². The number of nitrogens with one attached hydrogen (secondary N) is 2. The van der Waals surface area contributed by atoms with Gasteiger partial charge in [-0.3, -0.25) is 5.41 Å². The maximum Gasteiger partial charge on any atom is 0.273 e. The fourth-order valence-electron chi connectivity index (χ4n) is 3.69. The first-order valence-corrected chi connectivity index (χ1v) is 10.6. The molecule has 0 radical (unpaired) electrons. The molecule has 2 atom stereocenters. The molecule has 0 saturated carbocycles. The van der Waals surface area contributed by atoms with Gasteiger partial charge in [0.05, 0.1) is 5.54 Å². The lowest BCUT2D eigenvalue weighted by Gasteiger charge is -2.46. The smallest absolute Gasteiger partial charge is 0.273 e. The van der Waals surface area contributed by atoms with E-state index in [1.165, 1.54) is 26.0 Å². The number of benzene rings is 2. The molecular formula is C20H21F4N3O2S. The van der Waals surface area contributed by atoms with Crippen LogP contribution in [0.4, 0.5) is 17.6 Å². The molecule has 2 aromatic carbocycles. The van der Waals surface area contributed by atoms with Crippen molar-refractivity contribution < 1.29 is 26.0 Å². The van der Waals surface area contributed by atoms with E-state index in [-0.39, 0.29) is 16.7 Å². The SMILES string of the molecule is CCC(F)(F)c1ccc([C@@H]2[C@@](C)(c3cc(F)ccc3F)NC(=N)N(C)S2(=O)=O)cc1. The summed E-state index contributed by atoms with van der Waals surface area (Å²) in [6.07, 6.45) is -0.429. The van der Waals surface area contributed by atoms with Crippen LogP contribution >= 0.6 is 0 Å². The van der Waals surface area contributed by atoms with Crippen molar-refractivity contribution in [3.63, 3.8) is 0 Å². The summed E-state index contributed by atoms with van der Waals surface area (Å²) in [6.45, 7) is 2.66. The second-order valence-electron chi connectivity index (χ2n) is 7.37. The molecule has 30 heavy (non-hydrogen) atoms. The van der Waals surface area contributed by atoms with Gasteiger partial charge in [0.2, 0.25) is 16.0 Å². The molecule has 1 aliphatic heterocycles. The van der Waals surface area contributed by atoms with E-state index in [9.17, 15) is 26.0 Å². The second-order valence-corrected chi connectivity index (χ2v) is 9.42. The van der Waals surface area contributed by atoms with Crippen molar-refractivity contribution in [2.24, 2.45) is 0 Å². The van der Waals surface area contributed by atoms with Crippen molar-refractivity contribution in [3.05, 3.63) is 70.8 Å². The molecule has 0 bridgehead atoms. The van der Waals surface area contributed by atoms with Gasteiger partial charge in [0.1, 0.15) is 16.9 Å². The summed E-state index contributed by atoms with van der Waals surface area (Å²) in [5.41, 5.74) is -2.25. The average molecular weight is 443 g/mol. The Bertz CT molecular complexity index is 1090. The predicted molar refractivity (Wildman–Crippen MR) is 105 cm³/mol. The fourth-order valence-corrected chi connectivity index (χ4v) is 5.59. The van der Waals surface area contributed by atoms with Crippen LogP contribution in [0.1, 0.15) is 42.2 Å². The lowest BCUT2D eigenvalue weighted by Crippen LogP contribution is -2.62. The fraction of sp³-hybridized carbons (Fsp3) is 0.350. The number of alkyl halides is 2. The highest BCUT2D eigenvalue weighted by Crippen LogP contribution is 2.46. The Balaban J connectivity index is 2.23. The lowest BCUT2D eigenvalue weighted by atomic mass is 9.84. The Morgan fingerprint density at radius 1 is 1.17 bits per heavy atom. The zero-order valence-electron chi connectivity index (χ0n) is 16.5. The van der Waals surface area contributed by atoms with Gasteiger partial charge in [-0.1, -0.05) is 31.2 Å². The molecule has 2 aromatic rings. The molecule has 2 N–H and O–H groups in total. The molecule has 162 valence electrons. The van der Waals surface area contributed by atoms with E-state index in [0.717, 1.165) is 37.4 Å². The summed E-state index contributed by atoms with van der Waals surface area (Å²) in [7, 11) is -3.12. The van der Waals surface area contributed by atoms with Crippen LogP contribution in [-0.4, -0.2) is 25.7 Å². The Kier molecular flexibility index (Phi) is 5.34. The highest BCUT2D eigenvalue weighted by Gasteiger charge is 2.53. The summed E-state index contributed by atoms with van der Waals surface area (Å²) in [6, 6.07) is 7.35. The molecule has 0 aromatic heterocycles. The minimum absolute atomic E-state index is 0.101. The zero-order chi connectivity index (χ0) is 22.5. The van der Waals surface area contributed by atoms with Crippen molar-refractivity contribution in [1.82, 2.24) is 9.62 Å². The van der Waals surface area contributed by atoms with Crippen LogP contribution in [0, 0.1) is 17.0 Å². The molecule has 1 fully saturated rings. The largest absolute Gasteiger partial charge is 0.345 e. The van der Waals surface area contributed by atoms with Gasteiger partial charge in [-0.2, -0.15) is 0 Å². The standard InChI is InChI=1S/C20H21F4N3O2S/c1-4-20(23,24)13-7-5-12(6-8-13)17-19(2,15-11-14(21)9-10-16(15)22)26-18(25)27(3)30(17,28)29/h5-11,17H,4H2,1-3H3,(H2,25,26)/t17-,19-/m1/s1. The molecule has 0 aliphatic carbocycles. The lowest BCUT2D eigenvalue weighted by molar-refractivity contribution is -0.00830. The van der Waals surface area contributed by atoms with Crippen LogP contribution in [0.15, 0.2) is 42.5 Å². The summed E-state index contributed by atoms with van der Waals surface area (Å²) in [5.74, 6) is -5.25. The van der Waals surface area contributed by atoms with Gasteiger partial charge in [0.25, 0.3) is 5.92 Å². The number of sulfonamides is 1. The van der Waals surface area contributed by atoms with Crippen LogP contribution in [0.5, 0.6) is 0 Å². The Hall–Kier alpha value is -2.62. The quantitative estimate of drug-likeness (QED) is 0.695. The van der Waals surface area contributed by atoms with E-state index in [1.54, 1.807) is 0 Å². The highest BCUT2D eigenvalue weighted by atomic mass is 32.2. The summed E-state index contributed by atoms with van der Waals surface area (Å²) >= 11 is 0. The Morgan fingerprint density at radius 2 is 1.77 bits per heavy atom. The topological polar surface area (TPSA) is 73.3 Å². The Labute approximate surface area is 172 Å². The maximum absolute atomic E-state index is 14.6. The molecule has 1 saturated heterocycles. The number of halogens is 4. The number of hydrogen-bond acceptors (Lipinski definition) is 3. The van der Waals surface area contributed by atoms with Crippen molar-refractivity contribution in [2.75, 3.05) is 7.05 Å². The van der Waals surface area contributed by atoms with Gasteiger partial charge < -0.3 is 5.32 Å². The van der Waals surface area contributed by atoms with E-state index < -0.39 is 50.7 Å². The molecule has 0 unspecified atom stereocenters. The summed E-state index contributed by atoms with van der Waals surface area (Å²) < 4.78 is 83.6. The van der Waals surface area contributed by atoms with E-state index in [0.29, 0.717) is 4.31 Å². The van der Waals surface area contributed by atoms with E-state index in [2.05, 4.69) is 5.32 Å². The van der Waals surface area contributed by atoms with Crippen LogP contribution in [0.25, 0.3) is 0 Å². The minimum Gasteiger partial charge on any atom is -0.345 e. The first-order valence-electron chi connectivity index (χ1n) is 9.13. The monoisotopic (exact) mass is 443 g/mol. The second kappa shape index (κ2) is 7.26. The van der Waals surface area contributed by atoms with Crippen molar-refractivity contribution in [3.8, 4) is 0 Å². The summed E-state index contributed by atoms with van der Waals surface area (Å²) in [4.78, 5) is 0. The van der Waals surface area contributed by atoms with Gasteiger partial charge in [-0.05, 0) is 30.7 Å². The molecule has 1 heterocycles. The maximum atomic E-state index is 14.6. The van der Waals surface area contributed by atoms with Crippen LogP contribution in [0.2, 0.25) is 0 Å². The number of guanidine groups is 1. The normalized spacial score (nSPS) is 23.9. The molecule has 1 aliphatic rings. The molecule has 3 rings (SSSR count). The first kappa shape index (κ1) is 22.1. The van der Waals surface area contributed by atoms with E-state index in [1.807, 2.05) is 0 Å². The van der Waals surface area contributed by atoms with Crippen molar-refractivity contribution in [2.45, 2.75) is 37.0 Å².